The number of benzene rings is 2. The SMILES string of the molecule is COc1cccc(N2C(=O)NC(=O)[C@@H](C=Nc3ccccc3)C2=O)c1. The van der Waals surface area contributed by atoms with Crippen LogP contribution in [-0.4, -0.2) is 31.2 Å². The number of urea groups is 1. The fourth-order valence-corrected chi connectivity index (χ4v) is 2.39. The van der Waals surface area contributed by atoms with E-state index < -0.39 is 23.8 Å². The van der Waals surface area contributed by atoms with Crippen LogP contribution in [0.15, 0.2) is 59.6 Å². The highest BCUT2D eigenvalue weighted by molar-refractivity contribution is 6.32. The molecule has 0 unspecified atom stereocenters. The standard InChI is InChI=1S/C18H15N3O4/c1-25-14-9-5-8-13(10-14)21-17(23)15(16(22)20-18(21)24)11-19-12-6-3-2-4-7-12/h2-11,15H,1H3,(H,20,22,24)/t15-/m1/s1. The molecule has 0 aliphatic carbocycles. The topological polar surface area (TPSA) is 88.1 Å². The number of imide groups is 2. The number of nitrogens with one attached hydrogen (secondary N) is 1. The van der Waals surface area contributed by atoms with Gasteiger partial charge >= 0.3 is 6.03 Å². The van der Waals surface area contributed by atoms with E-state index in [4.69, 9.17) is 4.74 Å². The van der Waals surface area contributed by atoms with Crippen molar-refractivity contribution < 1.29 is 19.1 Å². The van der Waals surface area contributed by atoms with Crippen LogP contribution in [0.1, 0.15) is 0 Å². The molecule has 1 fully saturated rings. The van der Waals surface area contributed by atoms with E-state index >= 15 is 0 Å². The van der Waals surface area contributed by atoms with Crippen molar-refractivity contribution >= 4 is 35.4 Å². The van der Waals surface area contributed by atoms with Gasteiger partial charge in [-0.05, 0) is 24.3 Å². The summed E-state index contributed by atoms with van der Waals surface area (Å²) in [7, 11) is 1.48. The average molecular weight is 337 g/mol. The van der Waals surface area contributed by atoms with Crippen LogP contribution in [0.3, 0.4) is 0 Å². The molecule has 7 nitrogen and oxygen atoms in total. The van der Waals surface area contributed by atoms with Gasteiger partial charge in [0.25, 0.3) is 5.91 Å². The monoisotopic (exact) mass is 337 g/mol. The molecular weight excluding hydrogens is 322 g/mol. The van der Waals surface area contributed by atoms with E-state index in [0.717, 1.165) is 4.90 Å². The highest BCUT2D eigenvalue weighted by Crippen LogP contribution is 2.24. The van der Waals surface area contributed by atoms with Crippen molar-refractivity contribution in [2.24, 2.45) is 10.9 Å². The number of carbonyl (C=O) groups is 3. The summed E-state index contributed by atoms with van der Waals surface area (Å²) in [5.74, 6) is -2.07. The first-order chi connectivity index (χ1) is 12.1. The van der Waals surface area contributed by atoms with Crippen molar-refractivity contribution in [1.29, 1.82) is 0 Å². The Morgan fingerprint density at radius 1 is 1.08 bits per heavy atom. The average Bonchev–Trinajstić information content (AvgIpc) is 2.62. The molecule has 1 N–H and O–H groups in total. The van der Waals surface area contributed by atoms with Gasteiger partial charge in [-0.25, -0.2) is 9.69 Å². The lowest BCUT2D eigenvalue weighted by atomic mass is 10.1. The lowest BCUT2D eigenvalue weighted by Gasteiger charge is -2.28. The number of barbiturate groups is 1. The Kier molecular flexibility index (Phi) is 4.56. The molecule has 7 heteroatoms. The maximum Gasteiger partial charge on any atom is 0.335 e. The quantitative estimate of drug-likeness (QED) is 0.685. The summed E-state index contributed by atoms with van der Waals surface area (Å²) in [6, 6.07) is 14.6. The number of hydrogen-bond acceptors (Lipinski definition) is 5. The third-order valence-electron chi connectivity index (χ3n) is 3.64. The van der Waals surface area contributed by atoms with Crippen LogP contribution in [0.2, 0.25) is 0 Å². The third kappa shape index (κ3) is 3.40. The maximum atomic E-state index is 12.7. The minimum Gasteiger partial charge on any atom is -0.497 e. The predicted octanol–water partition coefficient (Wildman–Crippen LogP) is 2.30. The van der Waals surface area contributed by atoms with Crippen LogP contribution in [0.5, 0.6) is 5.75 Å². The molecule has 3 rings (SSSR count). The number of para-hydroxylation sites is 1. The summed E-state index contributed by atoms with van der Waals surface area (Å²) < 4.78 is 5.11. The molecule has 0 bridgehead atoms. The van der Waals surface area contributed by atoms with Crippen LogP contribution in [0.25, 0.3) is 0 Å². The predicted molar refractivity (Wildman–Crippen MR) is 92.1 cm³/mol. The highest BCUT2D eigenvalue weighted by atomic mass is 16.5. The number of ether oxygens (including phenoxy) is 1. The number of amides is 4. The van der Waals surface area contributed by atoms with E-state index in [1.807, 2.05) is 6.07 Å². The van der Waals surface area contributed by atoms with Gasteiger partial charge in [-0.1, -0.05) is 24.3 Å². The lowest BCUT2D eigenvalue weighted by molar-refractivity contribution is -0.131. The highest BCUT2D eigenvalue weighted by Gasteiger charge is 2.40. The fraction of sp³-hybridized carbons (Fsp3) is 0.111. The lowest BCUT2D eigenvalue weighted by Crippen LogP contribution is -2.58. The largest absolute Gasteiger partial charge is 0.497 e. The van der Waals surface area contributed by atoms with Gasteiger partial charge in [-0.2, -0.15) is 0 Å². The Balaban J connectivity index is 1.90. The molecule has 4 amide bonds. The van der Waals surface area contributed by atoms with Gasteiger partial charge in [-0.3, -0.25) is 19.9 Å². The first kappa shape index (κ1) is 16.4. The number of anilines is 1. The van der Waals surface area contributed by atoms with Gasteiger partial charge in [0, 0.05) is 12.3 Å². The molecular formula is C18H15N3O4. The minimum absolute atomic E-state index is 0.312. The van der Waals surface area contributed by atoms with E-state index in [0.29, 0.717) is 17.1 Å². The van der Waals surface area contributed by atoms with Gasteiger partial charge in [0.2, 0.25) is 5.91 Å². The Morgan fingerprint density at radius 3 is 2.56 bits per heavy atom. The van der Waals surface area contributed by atoms with Crippen LogP contribution in [0.4, 0.5) is 16.2 Å². The summed E-state index contributed by atoms with van der Waals surface area (Å²) in [5, 5.41) is 2.18. The Bertz CT molecular complexity index is 848. The first-order valence-corrected chi connectivity index (χ1v) is 7.52. The van der Waals surface area contributed by atoms with Crippen LogP contribution in [0, 0.1) is 5.92 Å². The minimum atomic E-state index is -1.19. The third-order valence-corrected chi connectivity index (χ3v) is 3.64. The molecule has 2 aromatic rings. The van der Waals surface area contributed by atoms with E-state index in [1.165, 1.54) is 13.3 Å². The molecule has 1 saturated heterocycles. The zero-order chi connectivity index (χ0) is 17.8. The Hall–Kier alpha value is -3.48. The summed E-state index contributed by atoms with van der Waals surface area (Å²) >= 11 is 0. The second-order valence-electron chi connectivity index (χ2n) is 5.26. The summed E-state index contributed by atoms with van der Waals surface area (Å²) in [5.41, 5.74) is 0.917. The molecule has 1 heterocycles. The zero-order valence-electron chi connectivity index (χ0n) is 13.4. The van der Waals surface area contributed by atoms with Gasteiger partial charge in [-0.15, -0.1) is 0 Å². The summed E-state index contributed by atoms with van der Waals surface area (Å²) in [6.07, 6.45) is 1.24. The van der Waals surface area contributed by atoms with Crippen LogP contribution >= 0.6 is 0 Å². The fourth-order valence-electron chi connectivity index (χ4n) is 2.39. The Morgan fingerprint density at radius 2 is 1.84 bits per heavy atom. The van der Waals surface area contributed by atoms with E-state index in [1.54, 1.807) is 48.5 Å². The van der Waals surface area contributed by atoms with Crippen molar-refractivity contribution in [2.45, 2.75) is 0 Å². The molecule has 0 spiro atoms. The molecule has 1 aliphatic heterocycles. The Labute approximate surface area is 143 Å². The molecule has 0 radical (unpaired) electrons. The molecule has 1 aliphatic rings. The number of rotatable bonds is 4. The molecule has 2 aromatic carbocycles. The summed E-state index contributed by atoms with van der Waals surface area (Å²) in [4.78, 5) is 41.9. The molecule has 0 saturated carbocycles. The van der Waals surface area contributed by atoms with Crippen molar-refractivity contribution in [3.8, 4) is 5.75 Å². The number of hydrogen-bond donors (Lipinski definition) is 1. The van der Waals surface area contributed by atoms with Crippen molar-refractivity contribution in [2.75, 3.05) is 12.0 Å². The maximum absolute atomic E-state index is 12.7. The smallest absolute Gasteiger partial charge is 0.335 e. The normalized spacial score (nSPS) is 17.7. The summed E-state index contributed by atoms with van der Waals surface area (Å²) in [6.45, 7) is 0. The van der Waals surface area contributed by atoms with Gasteiger partial charge < -0.3 is 4.74 Å². The number of carbonyl (C=O) groups excluding carboxylic acids is 3. The molecule has 25 heavy (non-hydrogen) atoms. The first-order valence-electron chi connectivity index (χ1n) is 7.52. The van der Waals surface area contributed by atoms with E-state index in [-0.39, 0.29) is 0 Å². The van der Waals surface area contributed by atoms with Crippen molar-refractivity contribution in [3.05, 3.63) is 54.6 Å². The van der Waals surface area contributed by atoms with Gasteiger partial charge in [0.15, 0.2) is 5.92 Å². The number of aliphatic imine (C=N–C) groups is 1. The van der Waals surface area contributed by atoms with Crippen LogP contribution in [-0.2, 0) is 9.59 Å². The number of nitrogens with zero attached hydrogens (tertiary/aromatic N) is 2. The molecule has 1 atom stereocenters. The van der Waals surface area contributed by atoms with Crippen LogP contribution < -0.4 is 15.0 Å². The van der Waals surface area contributed by atoms with Crippen molar-refractivity contribution in [1.82, 2.24) is 5.32 Å². The van der Waals surface area contributed by atoms with Crippen molar-refractivity contribution in [3.63, 3.8) is 0 Å². The van der Waals surface area contributed by atoms with Gasteiger partial charge in [0.05, 0.1) is 18.5 Å². The number of methoxy groups -OCH3 is 1. The second kappa shape index (κ2) is 6.96. The van der Waals surface area contributed by atoms with E-state index in [2.05, 4.69) is 10.3 Å². The van der Waals surface area contributed by atoms with Gasteiger partial charge in [0.1, 0.15) is 5.75 Å². The zero-order valence-corrected chi connectivity index (χ0v) is 13.4. The molecule has 126 valence electrons. The van der Waals surface area contributed by atoms with E-state index in [9.17, 15) is 14.4 Å². The molecule has 0 aromatic heterocycles. The second-order valence-corrected chi connectivity index (χ2v) is 5.26.